The number of pyridine rings is 1. The summed E-state index contributed by atoms with van der Waals surface area (Å²) in [6.07, 6.45) is 7.45. The largest absolute Gasteiger partial charge is 0.257 e. The van der Waals surface area contributed by atoms with Gasteiger partial charge in [0.15, 0.2) is 0 Å². The molecule has 0 unspecified atom stereocenters. The lowest BCUT2D eigenvalue weighted by Gasteiger charge is -2.24. The van der Waals surface area contributed by atoms with Gasteiger partial charge in [0.25, 0.3) is 0 Å². The van der Waals surface area contributed by atoms with Crippen LogP contribution in [0, 0.1) is 0 Å². The third-order valence-electron chi connectivity index (χ3n) is 3.99. The molecule has 0 bridgehead atoms. The van der Waals surface area contributed by atoms with Gasteiger partial charge in [0.1, 0.15) is 0 Å². The maximum absolute atomic E-state index is 4.99. The molecule has 1 aliphatic rings. The average molecular weight is 231 g/mol. The zero-order chi connectivity index (χ0) is 12.4. The van der Waals surface area contributed by atoms with Gasteiger partial charge in [-0.15, -0.1) is 0 Å². The fourth-order valence-corrected chi connectivity index (χ4v) is 3.19. The Morgan fingerprint density at radius 1 is 1.00 bits per heavy atom. The van der Waals surface area contributed by atoms with E-state index in [9.17, 15) is 0 Å². The third-order valence-corrected chi connectivity index (χ3v) is 3.99. The summed E-state index contributed by atoms with van der Waals surface area (Å²) in [5.41, 5.74) is 7.54. The number of nitrogens with zero attached hydrogens (tertiary/aromatic N) is 1. The topological polar surface area (TPSA) is 12.9 Å². The number of hydrogen-bond donors (Lipinski definition) is 0. The highest BCUT2D eigenvalue weighted by atomic mass is 14.7. The normalized spacial score (nSPS) is 15.1. The Balaban J connectivity index is 2.62. The molecule has 0 saturated carbocycles. The first-order valence-electron chi connectivity index (χ1n) is 7.22. The first kappa shape index (κ1) is 12.6. The summed E-state index contributed by atoms with van der Waals surface area (Å²) in [6, 6.07) is 0. The lowest BCUT2D eigenvalue weighted by atomic mass is 9.85. The van der Waals surface area contributed by atoms with Gasteiger partial charge in [-0.3, -0.25) is 4.98 Å². The molecule has 0 atom stereocenters. The molecular formula is C16H25N. The fourth-order valence-electron chi connectivity index (χ4n) is 3.19. The second-order valence-corrected chi connectivity index (χ2v) is 5.45. The molecule has 0 N–H and O–H groups in total. The molecule has 0 aliphatic heterocycles. The second-order valence-electron chi connectivity index (χ2n) is 5.45. The van der Waals surface area contributed by atoms with Crippen molar-refractivity contribution in [3.63, 3.8) is 0 Å². The van der Waals surface area contributed by atoms with Crippen LogP contribution in [0.1, 0.15) is 74.5 Å². The van der Waals surface area contributed by atoms with Crippen LogP contribution >= 0.6 is 0 Å². The molecule has 1 nitrogen and oxygen atoms in total. The minimum atomic E-state index is 0.558. The molecule has 0 radical (unpaired) electrons. The van der Waals surface area contributed by atoms with Crippen LogP contribution in [0.2, 0.25) is 0 Å². The van der Waals surface area contributed by atoms with Gasteiger partial charge in [-0.1, -0.05) is 27.7 Å². The first-order chi connectivity index (χ1) is 8.19. The summed E-state index contributed by atoms with van der Waals surface area (Å²) >= 11 is 0. The summed E-state index contributed by atoms with van der Waals surface area (Å²) < 4.78 is 0. The average Bonchev–Trinajstić information content (AvgIpc) is 2.36. The van der Waals surface area contributed by atoms with Crippen LogP contribution in [0.5, 0.6) is 0 Å². The van der Waals surface area contributed by atoms with Crippen LogP contribution in [0.15, 0.2) is 0 Å². The number of aryl methyl sites for hydroxylation is 1. The van der Waals surface area contributed by atoms with Crippen LogP contribution in [0.3, 0.4) is 0 Å². The first-order valence-corrected chi connectivity index (χ1v) is 7.22. The molecule has 1 heteroatoms. The zero-order valence-electron chi connectivity index (χ0n) is 11.8. The number of rotatable bonds is 3. The van der Waals surface area contributed by atoms with E-state index in [2.05, 4.69) is 27.7 Å². The van der Waals surface area contributed by atoms with Gasteiger partial charge in [0, 0.05) is 11.4 Å². The molecular weight excluding hydrogens is 206 g/mol. The maximum Gasteiger partial charge on any atom is 0.0467 e. The van der Waals surface area contributed by atoms with E-state index < -0.39 is 0 Å². The molecule has 1 aliphatic carbocycles. The number of hydrogen-bond acceptors (Lipinski definition) is 1. The van der Waals surface area contributed by atoms with Gasteiger partial charge in [0.05, 0.1) is 0 Å². The molecule has 1 heterocycles. The molecule has 2 rings (SSSR count). The van der Waals surface area contributed by atoms with Crippen molar-refractivity contribution in [3.05, 3.63) is 28.1 Å². The minimum Gasteiger partial charge on any atom is -0.257 e. The summed E-state index contributed by atoms with van der Waals surface area (Å²) in [5.74, 6) is 0.558. The highest BCUT2D eigenvalue weighted by Gasteiger charge is 2.20. The Labute approximate surface area is 106 Å². The molecule has 0 saturated heterocycles. The van der Waals surface area contributed by atoms with E-state index in [0.717, 1.165) is 6.42 Å². The van der Waals surface area contributed by atoms with E-state index in [-0.39, 0.29) is 0 Å². The Hall–Kier alpha value is -0.850. The lowest BCUT2D eigenvalue weighted by Crippen LogP contribution is -2.15. The van der Waals surface area contributed by atoms with Gasteiger partial charge < -0.3 is 0 Å². The second kappa shape index (κ2) is 5.20. The fraction of sp³-hybridized carbons (Fsp3) is 0.688. The van der Waals surface area contributed by atoms with Gasteiger partial charge in [-0.2, -0.15) is 0 Å². The van der Waals surface area contributed by atoms with Crippen molar-refractivity contribution >= 4 is 0 Å². The molecule has 17 heavy (non-hydrogen) atoms. The lowest BCUT2D eigenvalue weighted by molar-refractivity contribution is 0.644. The molecule has 94 valence electrons. The Morgan fingerprint density at radius 2 is 1.65 bits per heavy atom. The van der Waals surface area contributed by atoms with Crippen LogP contribution < -0.4 is 0 Å². The van der Waals surface area contributed by atoms with E-state index in [4.69, 9.17) is 4.98 Å². The summed E-state index contributed by atoms with van der Waals surface area (Å²) in [4.78, 5) is 4.99. The summed E-state index contributed by atoms with van der Waals surface area (Å²) in [7, 11) is 0. The highest BCUT2D eigenvalue weighted by Crippen LogP contribution is 2.31. The van der Waals surface area contributed by atoms with Crippen LogP contribution in [-0.4, -0.2) is 4.98 Å². The molecule has 1 aromatic rings. The van der Waals surface area contributed by atoms with Crippen molar-refractivity contribution in [2.75, 3.05) is 0 Å². The van der Waals surface area contributed by atoms with E-state index in [1.807, 2.05) is 0 Å². The molecule has 1 aromatic heterocycles. The summed E-state index contributed by atoms with van der Waals surface area (Å²) in [5, 5.41) is 0. The molecule has 0 fully saturated rings. The van der Waals surface area contributed by atoms with Gasteiger partial charge >= 0.3 is 0 Å². The van der Waals surface area contributed by atoms with Crippen molar-refractivity contribution in [1.82, 2.24) is 4.98 Å². The number of fused-ring (bicyclic) bond motifs is 1. The zero-order valence-corrected chi connectivity index (χ0v) is 11.8. The van der Waals surface area contributed by atoms with Crippen molar-refractivity contribution in [3.8, 4) is 0 Å². The monoisotopic (exact) mass is 231 g/mol. The Morgan fingerprint density at radius 3 is 2.24 bits per heavy atom. The van der Waals surface area contributed by atoms with Crippen molar-refractivity contribution < 1.29 is 0 Å². The van der Waals surface area contributed by atoms with Crippen molar-refractivity contribution in [2.24, 2.45) is 0 Å². The van der Waals surface area contributed by atoms with Gasteiger partial charge in [-0.25, -0.2) is 0 Å². The number of aromatic nitrogens is 1. The quantitative estimate of drug-likeness (QED) is 0.759. The van der Waals surface area contributed by atoms with E-state index in [0.29, 0.717) is 5.92 Å². The predicted octanol–water partition coefficient (Wildman–Crippen LogP) is 4.21. The predicted molar refractivity (Wildman–Crippen MR) is 73.7 cm³/mol. The Bertz CT molecular complexity index is 404. The van der Waals surface area contributed by atoms with Crippen LogP contribution in [0.25, 0.3) is 0 Å². The Kier molecular flexibility index (Phi) is 3.86. The van der Waals surface area contributed by atoms with Gasteiger partial charge in [0.2, 0.25) is 0 Å². The molecule has 0 spiro atoms. The van der Waals surface area contributed by atoms with Crippen LogP contribution in [0.4, 0.5) is 0 Å². The van der Waals surface area contributed by atoms with Crippen molar-refractivity contribution in [2.45, 2.75) is 72.1 Å². The third kappa shape index (κ3) is 2.25. The SMILES string of the molecule is CCc1c(C(C)C)nc2c(c1CC)CCCC2. The smallest absolute Gasteiger partial charge is 0.0467 e. The van der Waals surface area contributed by atoms with E-state index >= 15 is 0 Å². The minimum absolute atomic E-state index is 0.558. The van der Waals surface area contributed by atoms with Gasteiger partial charge in [-0.05, 0) is 61.1 Å². The molecule has 0 aromatic carbocycles. The highest BCUT2D eigenvalue weighted by molar-refractivity contribution is 5.43. The standard InChI is InChI=1S/C16H25N/c1-5-12-13(6-2)16(11(3)4)17-15-10-8-7-9-14(12)15/h11H,5-10H2,1-4H3. The van der Waals surface area contributed by atoms with Crippen LogP contribution in [-0.2, 0) is 25.7 Å². The van der Waals surface area contributed by atoms with Crippen molar-refractivity contribution in [1.29, 1.82) is 0 Å². The van der Waals surface area contributed by atoms with E-state index in [1.54, 1.807) is 16.7 Å². The van der Waals surface area contributed by atoms with E-state index in [1.165, 1.54) is 43.5 Å². The molecule has 0 amide bonds. The summed E-state index contributed by atoms with van der Waals surface area (Å²) in [6.45, 7) is 9.12. The maximum atomic E-state index is 4.99.